The van der Waals surface area contributed by atoms with Crippen molar-refractivity contribution in [3.63, 3.8) is 0 Å². The van der Waals surface area contributed by atoms with E-state index in [1.54, 1.807) is 0 Å². The molecule has 0 saturated heterocycles. The van der Waals surface area contributed by atoms with E-state index in [4.69, 9.17) is 0 Å². The van der Waals surface area contributed by atoms with E-state index >= 15 is 0 Å². The maximum Gasteiger partial charge on any atom is 0.268 e. The molecule has 0 aliphatic heterocycles. The molecule has 1 aromatic heterocycles. The fourth-order valence-electron chi connectivity index (χ4n) is 3.19. The summed E-state index contributed by atoms with van der Waals surface area (Å²) in [5.41, 5.74) is 0.759. The highest BCUT2D eigenvalue weighted by molar-refractivity contribution is 9.10. The second kappa shape index (κ2) is 7.30. The Balaban J connectivity index is 1.89. The van der Waals surface area contributed by atoms with Crippen LogP contribution in [-0.4, -0.2) is 16.5 Å². The normalized spacial score (nSPS) is 22.8. The molecule has 1 heterocycles. The van der Waals surface area contributed by atoms with Crippen molar-refractivity contribution in [3.8, 4) is 0 Å². The van der Waals surface area contributed by atoms with Crippen LogP contribution in [0.2, 0.25) is 0 Å². The largest absolute Gasteiger partial charge is 0.348 e. The van der Waals surface area contributed by atoms with Crippen molar-refractivity contribution in [1.82, 2.24) is 9.88 Å². The molecule has 1 amide bonds. The molecule has 0 unspecified atom stereocenters. The fourth-order valence-corrected chi connectivity index (χ4v) is 3.65. The first-order chi connectivity index (χ1) is 9.63. The van der Waals surface area contributed by atoms with Gasteiger partial charge in [-0.05, 0) is 60.5 Å². The molecule has 1 aromatic rings. The van der Waals surface area contributed by atoms with Gasteiger partial charge in [-0.1, -0.05) is 19.8 Å². The van der Waals surface area contributed by atoms with Crippen molar-refractivity contribution in [2.75, 3.05) is 0 Å². The van der Waals surface area contributed by atoms with Gasteiger partial charge in [0.05, 0.1) is 0 Å². The van der Waals surface area contributed by atoms with Gasteiger partial charge in [0.2, 0.25) is 0 Å². The predicted molar refractivity (Wildman–Crippen MR) is 85.9 cm³/mol. The maximum absolute atomic E-state index is 12.4. The number of carbonyl (C=O) groups excluding carboxylic acids is 1. The van der Waals surface area contributed by atoms with E-state index in [1.807, 2.05) is 16.8 Å². The summed E-state index contributed by atoms with van der Waals surface area (Å²) in [5, 5.41) is 3.21. The van der Waals surface area contributed by atoms with Gasteiger partial charge in [0.1, 0.15) is 5.69 Å². The number of carbonyl (C=O) groups is 1. The lowest BCUT2D eigenvalue weighted by Gasteiger charge is -2.29. The summed E-state index contributed by atoms with van der Waals surface area (Å²) >= 11 is 3.44. The third kappa shape index (κ3) is 3.87. The topological polar surface area (TPSA) is 34.0 Å². The summed E-state index contributed by atoms with van der Waals surface area (Å²) in [6.07, 6.45) is 9.36. The molecule has 1 N–H and O–H groups in total. The minimum Gasteiger partial charge on any atom is -0.348 e. The summed E-state index contributed by atoms with van der Waals surface area (Å²) in [7, 11) is 0. The van der Waals surface area contributed by atoms with Gasteiger partial charge in [-0.25, -0.2) is 0 Å². The lowest BCUT2D eigenvalue weighted by atomic mass is 9.83. The van der Waals surface area contributed by atoms with Gasteiger partial charge in [0, 0.05) is 23.3 Å². The van der Waals surface area contributed by atoms with E-state index < -0.39 is 0 Å². The number of nitrogens with one attached hydrogen (secondary N) is 1. The molecule has 0 bridgehead atoms. The zero-order valence-corrected chi connectivity index (χ0v) is 14.1. The lowest BCUT2D eigenvalue weighted by molar-refractivity contribution is 0.0912. The van der Waals surface area contributed by atoms with E-state index in [0.717, 1.165) is 35.5 Å². The van der Waals surface area contributed by atoms with Crippen molar-refractivity contribution in [2.24, 2.45) is 5.92 Å². The molecule has 112 valence electrons. The van der Waals surface area contributed by atoms with E-state index in [1.165, 1.54) is 25.7 Å². The van der Waals surface area contributed by atoms with Crippen LogP contribution < -0.4 is 5.32 Å². The number of nitrogens with zero attached hydrogens (tertiary/aromatic N) is 1. The molecule has 0 atom stereocenters. The van der Waals surface area contributed by atoms with Crippen molar-refractivity contribution in [1.29, 1.82) is 0 Å². The number of aromatic nitrogens is 1. The number of aryl methyl sites for hydroxylation is 1. The molecule has 1 aliphatic rings. The minimum atomic E-state index is 0.0662. The smallest absolute Gasteiger partial charge is 0.268 e. The van der Waals surface area contributed by atoms with Crippen LogP contribution in [0.1, 0.15) is 62.9 Å². The van der Waals surface area contributed by atoms with Crippen LogP contribution in [0.25, 0.3) is 0 Å². The highest BCUT2D eigenvalue weighted by atomic mass is 79.9. The van der Waals surface area contributed by atoms with Gasteiger partial charge in [0.25, 0.3) is 5.91 Å². The Hall–Kier alpha value is -0.770. The highest BCUT2D eigenvalue weighted by Crippen LogP contribution is 2.28. The van der Waals surface area contributed by atoms with Crippen LogP contribution in [0.5, 0.6) is 0 Å². The van der Waals surface area contributed by atoms with Crippen molar-refractivity contribution >= 4 is 21.8 Å². The van der Waals surface area contributed by atoms with Gasteiger partial charge in [-0.3, -0.25) is 4.79 Å². The average molecular weight is 341 g/mol. The number of hydrogen-bond donors (Lipinski definition) is 1. The molecule has 20 heavy (non-hydrogen) atoms. The number of amides is 1. The Morgan fingerprint density at radius 2 is 2.05 bits per heavy atom. The predicted octanol–water partition coefficient (Wildman–Crippen LogP) is 4.36. The average Bonchev–Trinajstić information content (AvgIpc) is 2.82. The van der Waals surface area contributed by atoms with E-state index in [9.17, 15) is 4.79 Å². The first-order valence-corrected chi connectivity index (χ1v) is 8.59. The van der Waals surface area contributed by atoms with Crippen LogP contribution >= 0.6 is 15.9 Å². The molecule has 0 aromatic carbocycles. The van der Waals surface area contributed by atoms with Gasteiger partial charge < -0.3 is 9.88 Å². The van der Waals surface area contributed by atoms with Crippen LogP contribution in [0.3, 0.4) is 0 Å². The first kappa shape index (κ1) is 15.6. The Labute approximate surface area is 130 Å². The number of rotatable bonds is 5. The molecule has 1 aliphatic carbocycles. The van der Waals surface area contributed by atoms with Gasteiger partial charge >= 0.3 is 0 Å². The van der Waals surface area contributed by atoms with E-state index in [2.05, 4.69) is 35.1 Å². The van der Waals surface area contributed by atoms with Gasteiger partial charge in [0.15, 0.2) is 0 Å². The second-order valence-electron chi connectivity index (χ2n) is 5.81. The van der Waals surface area contributed by atoms with Crippen LogP contribution in [0.15, 0.2) is 16.7 Å². The van der Waals surface area contributed by atoms with Crippen molar-refractivity contribution < 1.29 is 4.79 Å². The molecular formula is C16H25BrN2O. The maximum atomic E-state index is 12.4. The summed E-state index contributed by atoms with van der Waals surface area (Å²) in [4.78, 5) is 12.4. The summed E-state index contributed by atoms with van der Waals surface area (Å²) in [5.74, 6) is 0.943. The number of hydrogen-bond acceptors (Lipinski definition) is 1. The zero-order chi connectivity index (χ0) is 14.5. The standard InChI is InChI=1S/C16H25BrN2O/c1-3-5-12-6-8-14(9-7-12)18-16(20)15-10-13(17)11-19(15)4-2/h10-12,14H,3-9H2,1-2H3,(H,18,20). The summed E-state index contributed by atoms with van der Waals surface area (Å²) in [6.45, 7) is 5.13. The molecule has 0 spiro atoms. The molecule has 0 radical (unpaired) electrons. The van der Waals surface area contributed by atoms with E-state index in [0.29, 0.717) is 6.04 Å². The molecule has 2 rings (SSSR count). The Morgan fingerprint density at radius 1 is 1.35 bits per heavy atom. The summed E-state index contributed by atoms with van der Waals surface area (Å²) in [6, 6.07) is 2.26. The van der Waals surface area contributed by atoms with Crippen LogP contribution in [-0.2, 0) is 6.54 Å². The van der Waals surface area contributed by atoms with Gasteiger partial charge in [-0.15, -0.1) is 0 Å². The molecule has 1 saturated carbocycles. The quantitative estimate of drug-likeness (QED) is 0.848. The van der Waals surface area contributed by atoms with Gasteiger partial charge in [-0.2, -0.15) is 0 Å². The monoisotopic (exact) mass is 340 g/mol. The Bertz CT molecular complexity index is 447. The SMILES string of the molecule is CCCC1CCC(NC(=O)c2cc(Br)cn2CC)CC1. The van der Waals surface area contributed by atoms with Crippen LogP contribution in [0.4, 0.5) is 0 Å². The third-order valence-electron chi connectivity index (χ3n) is 4.32. The minimum absolute atomic E-state index is 0.0662. The first-order valence-electron chi connectivity index (χ1n) is 7.80. The fraction of sp³-hybridized carbons (Fsp3) is 0.688. The Kier molecular flexibility index (Phi) is 5.70. The second-order valence-corrected chi connectivity index (χ2v) is 6.73. The zero-order valence-electron chi connectivity index (χ0n) is 12.5. The molecule has 1 fully saturated rings. The molecule has 4 heteroatoms. The molecule has 3 nitrogen and oxygen atoms in total. The third-order valence-corrected chi connectivity index (χ3v) is 4.75. The lowest BCUT2D eigenvalue weighted by Crippen LogP contribution is -2.38. The van der Waals surface area contributed by atoms with Crippen LogP contribution in [0, 0.1) is 5.92 Å². The molecular weight excluding hydrogens is 316 g/mol. The van der Waals surface area contributed by atoms with Crippen molar-refractivity contribution in [2.45, 2.75) is 65.0 Å². The number of halogens is 1. The Morgan fingerprint density at radius 3 is 2.65 bits per heavy atom. The summed E-state index contributed by atoms with van der Waals surface area (Å²) < 4.78 is 2.96. The van der Waals surface area contributed by atoms with Crippen molar-refractivity contribution in [3.05, 3.63) is 22.4 Å². The highest BCUT2D eigenvalue weighted by Gasteiger charge is 2.23. The van der Waals surface area contributed by atoms with E-state index in [-0.39, 0.29) is 5.91 Å².